The molecule has 1 aromatic rings. The molecule has 3 N–H and O–H groups in total. The maximum absolute atomic E-state index is 12.0. The van der Waals surface area contributed by atoms with Crippen LogP contribution in [0.5, 0.6) is 11.5 Å². The fraction of sp³-hybridized carbons (Fsp3) is 0.500. The number of hydrogen-bond donors (Lipinski definition) is 2. The van der Waals surface area contributed by atoms with Gasteiger partial charge >= 0.3 is 0 Å². The Morgan fingerprint density at radius 1 is 1.30 bits per heavy atom. The molecule has 2 rings (SSSR count). The molecule has 6 heteroatoms. The van der Waals surface area contributed by atoms with Gasteiger partial charge in [0.25, 0.3) is 5.91 Å². The van der Waals surface area contributed by atoms with Crippen LogP contribution in [0.1, 0.15) is 30.6 Å². The number of carbonyl (C=O) groups is 1. The van der Waals surface area contributed by atoms with Gasteiger partial charge in [0, 0.05) is 24.1 Å². The quantitative estimate of drug-likeness (QED) is 0.892. The third-order valence-electron chi connectivity index (χ3n) is 2.71. The van der Waals surface area contributed by atoms with Crippen LogP contribution < -0.4 is 20.5 Å². The van der Waals surface area contributed by atoms with E-state index in [9.17, 15) is 4.79 Å². The average molecular weight is 301 g/mol. The number of rotatable bonds is 3. The Morgan fingerprint density at radius 3 is 2.60 bits per heavy atom. The van der Waals surface area contributed by atoms with Gasteiger partial charge in [-0.1, -0.05) is 0 Å². The lowest BCUT2D eigenvalue weighted by Crippen LogP contribution is -2.45. The number of hydrogen-bond acceptors (Lipinski definition) is 4. The highest BCUT2D eigenvalue weighted by Crippen LogP contribution is 2.30. The lowest BCUT2D eigenvalue weighted by atomic mass is 10.1. The summed E-state index contributed by atoms with van der Waals surface area (Å²) in [5.41, 5.74) is 5.95. The molecule has 0 aromatic heterocycles. The second-order valence-corrected chi connectivity index (χ2v) is 5.38. The van der Waals surface area contributed by atoms with Crippen molar-refractivity contribution in [1.29, 1.82) is 0 Å². The fourth-order valence-corrected chi connectivity index (χ4v) is 1.71. The van der Waals surface area contributed by atoms with Gasteiger partial charge in [-0.15, -0.1) is 12.4 Å². The number of nitrogens with two attached hydrogens (primary N) is 1. The monoisotopic (exact) mass is 300 g/mol. The van der Waals surface area contributed by atoms with E-state index in [1.807, 2.05) is 13.8 Å². The highest BCUT2D eigenvalue weighted by molar-refractivity contribution is 5.94. The van der Waals surface area contributed by atoms with Gasteiger partial charge < -0.3 is 20.5 Å². The predicted octanol–water partition coefficient (Wildman–Crippen LogP) is 1.74. The Bertz CT molecular complexity index is 472. The van der Waals surface area contributed by atoms with Crippen LogP contribution in [-0.2, 0) is 0 Å². The molecule has 0 atom stereocenters. The number of amides is 1. The van der Waals surface area contributed by atoms with Crippen molar-refractivity contribution in [3.05, 3.63) is 23.8 Å². The molecule has 0 bridgehead atoms. The Kier molecular flexibility index (Phi) is 5.65. The zero-order chi connectivity index (χ0) is 13.9. The number of fused-ring (bicyclic) bond motifs is 1. The van der Waals surface area contributed by atoms with Crippen molar-refractivity contribution in [3.63, 3.8) is 0 Å². The third kappa shape index (κ3) is 4.58. The molecule has 0 spiro atoms. The molecular formula is C14H21ClN2O3. The van der Waals surface area contributed by atoms with E-state index in [2.05, 4.69) is 5.32 Å². The van der Waals surface area contributed by atoms with Crippen LogP contribution in [0.4, 0.5) is 0 Å². The number of carbonyl (C=O) groups excluding carboxylic acids is 1. The van der Waals surface area contributed by atoms with Crippen LogP contribution in [0.3, 0.4) is 0 Å². The minimum absolute atomic E-state index is 0. The molecule has 112 valence electrons. The van der Waals surface area contributed by atoms with Crippen LogP contribution in [0.25, 0.3) is 0 Å². The van der Waals surface area contributed by atoms with E-state index in [0.29, 0.717) is 36.8 Å². The van der Waals surface area contributed by atoms with Crippen molar-refractivity contribution in [3.8, 4) is 11.5 Å². The summed E-state index contributed by atoms with van der Waals surface area (Å²) in [5.74, 6) is 1.15. The van der Waals surface area contributed by atoms with Crippen molar-refractivity contribution < 1.29 is 14.3 Å². The predicted molar refractivity (Wildman–Crippen MR) is 79.9 cm³/mol. The number of nitrogens with one attached hydrogen (secondary N) is 1. The molecule has 0 fully saturated rings. The molecule has 0 saturated carbocycles. The Morgan fingerprint density at radius 2 is 1.95 bits per heavy atom. The normalized spacial score (nSPS) is 13.9. The SMILES string of the molecule is CC(C)(N)CNC(=O)c1ccc2c(c1)OCCCO2.Cl. The summed E-state index contributed by atoms with van der Waals surface area (Å²) in [6.07, 6.45) is 0.845. The van der Waals surface area contributed by atoms with Gasteiger partial charge in [0.15, 0.2) is 11.5 Å². The van der Waals surface area contributed by atoms with Crippen LogP contribution in [0.15, 0.2) is 18.2 Å². The van der Waals surface area contributed by atoms with Crippen LogP contribution in [-0.4, -0.2) is 31.2 Å². The van der Waals surface area contributed by atoms with E-state index >= 15 is 0 Å². The topological polar surface area (TPSA) is 73.6 Å². The molecule has 0 unspecified atom stereocenters. The average Bonchev–Trinajstić information content (AvgIpc) is 2.59. The molecule has 1 amide bonds. The molecular weight excluding hydrogens is 280 g/mol. The summed E-state index contributed by atoms with van der Waals surface area (Å²) in [5, 5.41) is 2.80. The number of benzene rings is 1. The Hall–Kier alpha value is -1.46. The van der Waals surface area contributed by atoms with E-state index in [1.54, 1.807) is 18.2 Å². The summed E-state index contributed by atoms with van der Waals surface area (Å²) in [4.78, 5) is 12.0. The lowest BCUT2D eigenvalue weighted by Gasteiger charge is -2.19. The molecule has 5 nitrogen and oxygen atoms in total. The smallest absolute Gasteiger partial charge is 0.251 e. The van der Waals surface area contributed by atoms with Gasteiger partial charge in [-0.25, -0.2) is 0 Å². The van der Waals surface area contributed by atoms with Gasteiger partial charge in [-0.05, 0) is 32.0 Å². The van der Waals surface area contributed by atoms with E-state index in [1.165, 1.54) is 0 Å². The van der Waals surface area contributed by atoms with Gasteiger partial charge in [0.1, 0.15) is 0 Å². The fourth-order valence-electron chi connectivity index (χ4n) is 1.71. The first-order valence-corrected chi connectivity index (χ1v) is 6.42. The minimum Gasteiger partial charge on any atom is -0.490 e. The zero-order valence-corrected chi connectivity index (χ0v) is 12.6. The minimum atomic E-state index is -0.430. The van der Waals surface area contributed by atoms with E-state index in [0.717, 1.165) is 6.42 Å². The summed E-state index contributed by atoms with van der Waals surface area (Å²) in [7, 11) is 0. The van der Waals surface area contributed by atoms with Crippen molar-refractivity contribution in [2.75, 3.05) is 19.8 Å². The third-order valence-corrected chi connectivity index (χ3v) is 2.71. The van der Waals surface area contributed by atoms with Crippen molar-refractivity contribution in [1.82, 2.24) is 5.32 Å². The van der Waals surface area contributed by atoms with E-state index in [4.69, 9.17) is 15.2 Å². The maximum atomic E-state index is 12.0. The number of ether oxygens (including phenoxy) is 2. The van der Waals surface area contributed by atoms with Gasteiger partial charge in [0.05, 0.1) is 13.2 Å². The van der Waals surface area contributed by atoms with Gasteiger partial charge in [-0.2, -0.15) is 0 Å². The summed E-state index contributed by atoms with van der Waals surface area (Å²) < 4.78 is 11.1. The second-order valence-electron chi connectivity index (χ2n) is 5.38. The molecule has 1 aromatic carbocycles. The zero-order valence-electron chi connectivity index (χ0n) is 11.8. The maximum Gasteiger partial charge on any atom is 0.251 e. The highest BCUT2D eigenvalue weighted by atomic mass is 35.5. The first-order chi connectivity index (χ1) is 8.96. The lowest BCUT2D eigenvalue weighted by molar-refractivity contribution is 0.0945. The molecule has 1 aliphatic rings. The van der Waals surface area contributed by atoms with Crippen molar-refractivity contribution in [2.45, 2.75) is 25.8 Å². The van der Waals surface area contributed by atoms with E-state index < -0.39 is 5.54 Å². The number of halogens is 1. The summed E-state index contributed by atoms with van der Waals surface area (Å²) in [6, 6.07) is 5.20. The van der Waals surface area contributed by atoms with Crippen LogP contribution in [0, 0.1) is 0 Å². The summed E-state index contributed by atoms with van der Waals surface area (Å²) >= 11 is 0. The largest absolute Gasteiger partial charge is 0.490 e. The van der Waals surface area contributed by atoms with Crippen molar-refractivity contribution >= 4 is 18.3 Å². The molecule has 1 aliphatic heterocycles. The van der Waals surface area contributed by atoms with Crippen LogP contribution >= 0.6 is 12.4 Å². The molecule has 0 radical (unpaired) electrons. The molecule has 20 heavy (non-hydrogen) atoms. The molecule has 0 aliphatic carbocycles. The first-order valence-electron chi connectivity index (χ1n) is 6.42. The Labute approximate surface area is 125 Å². The summed E-state index contributed by atoms with van der Waals surface area (Å²) in [6.45, 7) is 5.39. The highest BCUT2D eigenvalue weighted by Gasteiger charge is 2.16. The van der Waals surface area contributed by atoms with Crippen molar-refractivity contribution in [2.24, 2.45) is 5.73 Å². The first kappa shape index (κ1) is 16.6. The van der Waals surface area contributed by atoms with E-state index in [-0.39, 0.29) is 18.3 Å². The van der Waals surface area contributed by atoms with Gasteiger partial charge in [0.2, 0.25) is 0 Å². The Balaban J connectivity index is 0.00000200. The second kappa shape index (κ2) is 6.81. The molecule has 1 heterocycles. The standard InChI is InChI=1S/C14H20N2O3.ClH/c1-14(2,15)9-16-13(17)10-4-5-11-12(8-10)19-7-3-6-18-11;/h4-5,8H,3,6-7,9,15H2,1-2H3,(H,16,17);1H. The molecule has 0 saturated heterocycles. The van der Waals surface area contributed by atoms with Gasteiger partial charge in [-0.3, -0.25) is 4.79 Å². The van der Waals surface area contributed by atoms with Crippen LogP contribution in [0.2, 0.25) is 0 Å².